The Balaban J connectivity index is 0.000000191. The number of aliphatic hydroxyl groups excluding tert-OH is 1. The first-order valence-corrected chi connectivity index (χ1v) is 6.35. The van der Waals surface area contributed by atoms with Crippen molar-refractivity contribution < 1.29 is 5.11 Å². The van der Waals surface area contributed by atoms with Crippen LogP contribution in [0.5, 0.6) is 0 Å². The minimum absolute atomic E-state index is 0.0694. The summed E-state index contributed by atoms with van der Waals surface area (Å²) in [6.45, 7) is 7.00. The molecule has 0 aromatic carbocycles. The van der Waals surface area contributed by atoms with Crippen molar-refractivity contribution in [3.8, 4) is 0 Å². The summed E-state index contributed by atoms with van der Waals surface area (Å²) in [5.74, 6) is 0. The van der Waals surface area contributed by atoms with Crippen LogP contribution in [0.2, 0.25) is 0 Å². The molecule has 19 heavy (non-hydrogen) atoms. The van der Waals surface area contributed by atoms with Crippen molar-refractivity contribution in [1.82, 2.24) is 14.3 Å². The minimum Gasteiger partial charge on any atom is -0.391 e. The van der Waals surface area contributed by atoms with E-state index >= 15 is 0 Å². The predicted molar refractivity (Wildman–Crippen MR) is 75.0 cm³/mol. The lowest BCUT2D eigenvalue weighted by Gasteiger charge is -2.02. The molecular formula is C14H21N3O2. The van der Waals surface area contributed by atoms with Crippen LogP contribution < -0.4 is 5.56 Å². The van der Waals surface area contributed by atoms with Crippen LogP contribution in [0.25, 0.3) is 0 Å². The molecule has 2 aromatic heterocycles. The van der Waals surface area contributed by atoms with E-state index in [2.05, 4.69) is 5.10 Å². The van der Waals surface area contributed by atoms with Crippen LogP contribution in [0.15, 0.2) is 41.6 Å². The topological polar surface area (TPSA) is 60.0 Å². The van der Waals surface area contributed by atoms with Gasteiger partial charge in [0.05, 0.1) is 18.8 Å². The van der Waals surface area contributed by atoms with Crippen LogP contribution in [-0.2, 0) is 13.1 Å². The summed E-state index contributed by atoms with van der Waals surface area (Å²) in [5, 5.41) is 13.0. The monoisotopic (exact) mass is 263 g/mol. The summed E-state index contributed by atoms with van der Waals surface area (Å²) >= 11 is 0. The van der Waals surface area contributed by atoms with E-state index < -0.39 is 0 Å². The van der Waals surface area contributed by atoms with E-state index in [-0.39, 0.29) is 11.7 Å². The quantitative estimate of drug-likeness (QED) is 0.911. The van der Waals surface area contributed by atoms with Gasteiger partial charge in [-0.25, -0.2) is 0 Å². The van der Waals surface area contributed by atoms with Crippen molar-refractivity contribution in [3.05, 3.63) is 52.7 Å². The second-order valence-electron chi connectivity index (χ2n) is 4.41. The zero-order valence-corrected chi connectivity index (χ0v) is 11.7. The maximum absolute atomic E-state index is 10.8. The molecule has 1 N–H and O–H groups in total. The molecule has 2 heterocycles. The van der Waals surface area contributed by atoms with Crippen molar-refractivity contribution in [2.24, 2.45) is 0 Å². The predicted octanol–water partition coefficient (Wildman–Crippen LogP) is 1.44. The Morgan fingerprint density at radius 3 is 2.58 bits per heavy atom. The van der Waals surface area contributed by atoms with Gasteiger partial charge in [0.1, 0.15) is 0 Å². The van der Waals surface area contributed by atoms with Crippen LogP contribution in [0, 0.1) is 6.92 Å². The third-order valence-electron chi connectivity index (χ3n) is 2.45. The highest BCUT2D eigenvalue weighted by molar-refractivity contribution is 4.99. The first-order valence-electron chi connectivity index (χ1n) is 6.35. The highest BCUT2D eigenvalue weighted by Crippen LogP contribution is 1.95. The number of aliphatic hydroxyl groups is 1. The van der Waals surface area contributed by atoms with Crippen molar-refractivity contribution in [1.29, 1.82) is 0 Å². The highest BCUT2D eigenvalue weighted by Gasteiger charge is 1.97. The summed E-state index contributed by atoms with van der Waals surface area (Å²) in [5.41, 5.74) is 1.20. The lowest BCUT2D eigenvalue weighted by Crippen LogP contribution is -2.15. The fourth-order valence-corrected chi connectivity index (χ4v) is 1.56. The standard InChI is InChI=1S/C7H12N2O.C7H9NO/c1-6-3-8-9(4-6)5-7(2)10;1-2-8-6-4-3-5-7(8)9/h3-4,7,10H,5H2,1-2H3;3-6H,2H2,1H3. The third kappa shape index (κ3) is 5.52. The summed E-state index contributed by atoms with van der Waals surface area (Å²) in [7, 11) is 0. The molecule has 0 aliphatic rings. The van der Waals surface area contributed by atoms with Gasteiger partial charge in [-0.15, -0.1) is 0 Å². The van der Waals surface area contributed by atoms with E-state index in [0.29, 0.717) is 6.54 Å². The first kappa shape index (κ1) is 15.2. The molecule has 0 saturated carbocycles. The van der Waals surface area contributed by atoms with Crippen molar-refractivity contribution >= 4 is 0 Å². The number of aromatic nitrogens is 3. The molecule has 0 aliphatic heterocycles. The number of nitrogens with zero attached hydrogens (tertiary/aromatic N) is 3. The fourth-order valence-electron chi connectivity index (χ4n) is 1.56. The van der Waals surface area contributed by atoms with Crippen LogP contribution in [0.4, 0.5) is 0 Å². The Kier molecular flexibility index (Phi) is 6.02. The van der Waals surface area contributed by atoms with E-state index in [1.165, 1.54) is 0 Å². The fraction of sp³-hybridized carbons (Fsp3) is 0.429. The third-order valence-corrected chi connectivity index (χ3v) is 2.45. The average molecular weight is 263 g/mol. The maximum atomic E-state index is 10.8. The van der Waals surface area contributed by atoms with E-state index in [1.807, 2.05) is 26.1 Å². The SMILES string of the molecule is CCn1ccccc1=O.Cc1cnn(CC(C)O)c1. The number of pyridine rings is 1. The molecule has 5 heteroatoms. The Morgan fingerprint density at radius 2 is 2.16 bits per heavy atom. The van der Waals surface area contributed by atoms with Crippen LogP contribution >= 0.6 is 0 Å². The van der Waals surface area contributed by atoms with E-state index in [1.54, 1.807) is 40.7 Å². The molecule has 1 atom stereocenters. The maximum Gasteiger partial charge on any atom is 0.250 e. The molecule has 1 unspecified atom stereocenters. The van der Waals surface area contributed by atoms with Gasteiger partial charge in [0, 0.05) is 25.0 Å². The Hall–Kier alpha value is -1.88. The van der Waals surface area contributed by atoms with Crippen molar-refractivity contribution in [2.45, 2.75) is 40.0 Å². The van der Waals surface area contributed by atoms with E-state index in [0.717, 1.165) is 12.1 Å². The Labute approximate surface area is 113 Å². The second kappa shape index (κ2) is 7.53. The van der Waals surface area contributed by atoms with Crippen LogP contribution in [0.1, 0.15) is 19.4 Å². The molecule has 0 spiro atoms. The Bertz CT molecular complexity index is 543. The summed E-state index contributed by atoms with van der Waals surface area (Å²) < 4.78 is 3.39. The van der Waals surface area contributed by atoms with Gasteiger partial charge in [-0.05, 0) is 32.4 Å². The number of rotatable bonds is 3. The zero-order chi connectivity index (χ0) is 14.3. The van der Waals surface area contributed by atoms with Gasteiger partial charge >= 0.3 is 0 Å². The molecule has 0 saturated heterocycles. The first-order chi connectivity index (χ1) is 9.02. The molecule has 0 fully saturated rings. The number of hydrogen-bond donors (Lipinski definition) is 1. The minimum atomic E-state index is -0.320. The lowest BCUT2D eigenvalue weighted by molar-refractivity contribution is 0.168. The van der Waals surface area contributed by atoms with Crippen LogP contribution in [0.3, 0.4) is 0 Å². The van der Waals surface area contributed by atoms with Gasteiger partial charge < -0.3 is 9.67 Å². The summed E-state index contributed by atoms with van der Waals surface area (Å²) in [6.07, 6.45) is 5.15. The molecule has 5 nitrogen and oxygen atoms in total. The van der Waals surface area contributed by atoms with Gasteiger partial charge in [0.15, 0.2) is 0 Å². The number of hydrogen-bond acceptors (Lipinski definition) is 3. The Morgan fingerprint density at radius 1 is 1.42 bits per heavy atom. The lowest BCUT2D eigenvalue weighted by atomic mass is 10.4. The van der Waals surface area contributed by atoms with Crippen molar-refractivity contribution in [3.63, 3.8) is 0 Å². The molecule has 0 radical (unpaired) electrons. The molecule has 0 aliphatic carbocycles. The zero-order valence-electron chi connectivity index (χ0n) is 11.7. The van der Waals surface area contributed by atoms with Crippen LogP contribution in [-0.4, -0.2) is 25.6 Å². The van der Waals surface area contributed by atoms with Gasteiger partial charge in [-0.2, -0.15) is 5.10 Å². The van der Waals surface area contributed by atoms with Gasteiger partial charge in [0.25, 0.3) is 0 Å². The molecule has 2 aromatic rings. The average Bonchev–Trinajstić information content (AvgIpc) is 2.75. The molecule has 2 rings (SSSR count). The van der Waals surface area contributed by atoms with Gasteiger partial charge in [0.2, 0.25) is 5.56 Å². The summed E-state index contributed by atoms with van der Waals surface area (Å²) in [4.78, 5) is 10.8. The van der Waals surface area contributed by atoms with E-state index in [4.69, 9.17) is 5.11 Å². The normalized spacial score (nSPS) is 11.6. The smallest absolute Gasteiger partial charge is 0.250 e. The highest BCUT2D eigenvalue weighted by atomic mass is 16.3. The summed E-state index contributed by atoms with van der Waals surface area (Å²) in [6, 6.07) is 5.16. The molecule has 0 bridgehead atoms. The van der Waals surface area contributed by atoms with Gasteiger partial charge in [-0.1, -0.05) is 6.07 Å². The van der Waals surface area contributed by atoms with Crippen molar-refractivity contribution in [2.75, 3.05) is 0 Å². The number of aryl methyl sites for hydroxylation is 2. The largest absolute Gasteiger partial charge is 0.391 e. The molecular weight excluding hydrogens is 242 g/mol. The molecule has 0 amide bonds. The second-order valence-corrected chi connectivity index (χ2v) is 4.41. The van der Waals surface area contributed by atoms with Gasteiger partial charge in [-0.3, -0.25) is 9.48 Å². The molecule has 104 valence electrons. The van der Waals surface area contributed by atoms with E-state index in [9.17, 15) is 4.79 Å².